The summed E-state index contributed by atoms with van der Waals surface area (Å²) in [5.41, 5.74) is 1.49. The van der Waals surface area contributed by atoms with Crippen molar-refractivity contribution in [1.82, 2.24) is 28.8 Å². The van der Waals surface area contributed by atoms with Crippen LogP contribution in [0.3, 0.4) is 0 Å². The normalized spacial score (nSPS) is 11.6. The van der Waals surface area contributed by atoms with E-state index in [0.717, 1.165) is 35.6 Å². The van der Waals surface area contributed by atoms with Gasteiger partial charge in [0.2, 0.25) is 5.78 Å². The van der Waals surface area contributed by atoms with E-state index in [1.807, 2.05) is 28.7 Å². The molecule has 0 bridgehead atoms. The van der Waals surface area contributed by atoms with E-state index in [0.29, 0.717) is 33.0 Å². The van der Waals surface area contributed by atoms with Crippen molar-refractivity contribution in [1.29, 1.82) is 0 Å². The summed E-state index contributed by atoms with van der Waals surface area (Å²) in [6.07, 6.45) is 1.90. The van der Waals surface area contributed by atoms with Gasteiger partial charge < -0.3 is 0 Å². The summed E-state index contributed by atoms with van der Waals surface area (Å²) in [5, 5.41) is 14.0. The minimum absolute atomic E-state index is 0.0303. The van der Waals surface area contributed by atoms with Gasteiger partial charge in [0.05, 0.1) is 10.9 Å². The van der Waals surface area contributed by atoms with Crippen molar-refractivity contribution < 1.29 is 0 Å². The highest BCUT2D eigenvalue weighted by Crippen LogP contribution is 2.27. The summed E-state index contributed by atoms with van der Waals surface area (Å²) in [6.45, 7) is 2.72. The minimum atomic E-state index is -0.0303. The molecule has 0 unspecified atom stereocenters. The largest absolute Gasteiger partial charge is 0.276 e. The van der Waals surface area contributed by atoms with Crippen LogP contribution >= 0.6 is 34.9 Å². The zero-order valence-electron chi connectivity index (χ0n) is 13.9. The molecular formula is C16H15ClN6OS2. The monoisotopic (exact) mass is 406 g/mol. The summed E-state index contributed by atoms with van der Waals surface area (Å²) in [7, 11) is 0. The Balaban J connectivity index is 1.86. The second kappa shape index (κ2) is 7.34. The van der Waals surface area contributed by atoms with Gasteiger partial charge in [-0.15, -0.1) is 15.3 Å². The van der Waals surface area contributed by atoms with Crippen molar-refractivity contribution >= 4 is 51.6 Å². The number of hydrogen-bond acceptors (Lipinski definition) is 7. The minimum Gasteiger partial charge on any atom is -0.276 e. The van der Waals surface area contributed by atoms with Crippen LogP contribution in [0.1, 0.15) is 25.5 Å². The predicted octanol–water partition coefficient (Wildman–Crippen LogP) is 3.64. The lowest BCUT2D eigenvalue weighted by Gasteiger charge is -2.10. The lowest BCUT2D eigenvalue weighted by molar-refractivity contribution is 0.620. The van der Waals surface area contributed by atoms with E-state index >= 15 is 0 Å². The number of para-hydroxylation sites is 1. The van der Waals surface area contributed by atoms with Gasteiger partial charge in [-0.1, -0.05) is 53.3 Å². The van der Waals surface area contributed by atoms with Crippen molar-refractivity contribution in [2.45, 2.75) is 37.2 Å². The van der Waals surface area contributed by atoms with Gasteiger partial charge in [-0.3, -0.25) is 13.8 Å². The first kappa shape index (κ1) is 17.4. The maximum Gasteiger partial charge on any atom is 0.262 e. The van der Waals surface area contributed by atoms with Crippen LogP contribution in [0.5, 0.6) is 0 Å². The van der Waals surface area contributed by atoms with Crippen LogP contribution in [0.4, 0.5) is 0 Å². The van der Waals surface area contributed by atoms with Gasteiger partial charge in [-0.05, 0) is 18.6 Å². The number of hydrogen-bond donors (Lipinski definition) is 0. The molecule has 0 fully saturated rings. The molecule has 0 atom stereocenters. The van der Waals surface area contributed by atoms with Crippen LogP contribution in [0.2, 0.25) is 4.34 Å². The summed E-state index contributed by atoms with van der Waals surface area (Å²) < 4.78 is 8.08. The van der Waals surface area contributed by atoms with Crippen molar-refractivity contribution in [3.63, 3.8) is 0 Å². The maximum atomic E-state index is 12.9. The van der Waals surface area contributed by atoms with Crippen molar-refractivity contribution in [3.8, 4) is 0 Å². The summed E-state index contributed by atoms with van der Waals surface area (Å²) in [5.74, 6) is 1.10. The molecular weight excluding hydrogens is 392 g/mol. The Bertz CT molecular complexity index is 1130. The molecule has 0 aliphatic heterocycles. The molecule has 0 spiro atoms. The average Bonchev–Trinajstić information content (AvgIpc) is 3.26. The summed E-state index contributed by atoms with van der Waals surface area (Å²) >= 11 is 8.73. The molecule has 7 nitrogen and oxygen atoms in total. The SMILES string of the molecule is CCCCn1c(=O)c2ccccc2n2c(SCc3nnsc3Cl)nnc12. The molecule has 0 amide bonds. The zero-order valence-corrected chi connectivity index (χ0v) is 16.3. The highest BCUT2D eigenvalue weighted by Gasteiger charge is 2.17. The fourth-order valence-electron chi connectivity index (χ4n) is 2.76. The van der Waals surface area contributed by atoms with Crippen molar-refractivity contribution in [2.24, 2.45) is 0 Å². The Labute approximate surface area is 162 Å². The van der Waals surface area contributed by atoms with E-state index in [1.165, 1.54) is 11.8 Å². The number of unbranched alkanes of at least 4 members (excludes halogenated alkanes) is 1. The Hall–Kier alpha value is -1.97. The fourth-order valence-corrected chi connectivity index (χ4v) is 4.43. The molecule has 0 saturated carbocycles. The fraction of sp³-hybridized carbons (Fsp3) is 0.312. The third-order valence-electron chi connectivity index (χ3n) is 4.06. The van der Waals surface area contributed by atoms with E-state index in [2.05, 4.69) is 26.7 Å². The first-order chi connectivity index (χ1) is 12.7. The van der Waals surface area contributed by atoms with Crippen LogP contribution in [0, 0.1) is 0 Å². The number of nitrogens with zero attached hydrogens (tertiary/aromatic N) is 6. The van der Waals surface area contributed by atoms with Gasteiger partial charge in [0.25, 0.3) is 5.56 Å². The van der Waals surface area contributed by atoms with Crippen LogP contribution in [0.25, 0.3) is 16.7 Å². The van der Waals surface area contributed by atoms with Crippen molar-refractivity contribution in [2.75, 3.05) is 0 Å². The van der Waals surface area contributed by atoms with E-state index in [9.17, 15) is 4.79 Å². The molecule has 0 aliphatic rings. The number of rotatable bonds is 6. The Kier molecular flexibility index (Phi) is 4.92. The van der Waals surface area contributed by atoms with Gasteiger partial charge in [-0.25, -0.2) is 0 Å². The Morgan fingerprint density at radius 3 is 2.85 bits per heavy atom. The van der Waals surface area contributed by atoms with Crippen LogP contribution in [-0.4, -0.2) is 28.8 Å². The molecule has 1 aromatic carbocycles. The number of halogens is 1. The second-order valence-electron chi connectivity index (χ2n) is 5.73. The molecule has 0 N–H and O–H groups in total. The van der Waals surface area contributed by atoms with Crippen LogP contribution in [0.15, 0.2) is 34.2 Å². The topological polar surface area (TPSA) is 78.0 Å². The number of fused-ring (bicyclic) bond motifs is 3. The van der Waals surface area contributed by atoms with Crippen LogP contribution in [-0.2, 0) is 12.3 Å². The number of benzene rings is 1. The van der Waals surface area contributed by atoms with Gasteiger partial charge in [-0.2, -0.15) is 0 Å². The zero-order chi connectivity index (χ0) is 18.1. The molecule has 3 heterocycles. The smallest absolute Gasteiger partial charge is 0.262 e. The molecule has 26 heavy (non-hydrogen) atoms. The van der Waals surface area contributed by atoms with E-state index in [-0.39, 0.29) is 5.56 Å². The molecule has 0 radical (unpaired) electrons. The molecule has 10 heteroatoms. The van der Waals surface area contributed by atoms with E-state index in [4.69, 9.17) is 11.6 Å². The van der Waals surface area contributed by atoms with E-state index in [1.54, 1.807) is 4.57 Å². The first-order valence-electron chi connectivity index (χ1n) is 8.17. The lowest BCUT2D eigenvalue weighted by Crippen LogP contribution is -2.23. The third kappa shape index (κ3) is 3.00. The molecule has 0 aliphatic carbocycles. The highest BCUT2D eigenvalue weighted by molar-refractivity contribution is 7.98. The quantitative estimate of drug-likeness (QED) is 0.455. The molecule has 0 saturated heterocycles. The molecule has 4 rings (SSSR count). The Morgan fingerprint density at radius 1 is 1.23 bits per heavy atom. The highest BCUT2D eigenvalue weighted by atomic mass is 35.5. The van der Waals surface area contributed by atoms with Crippen LogP contribution < -0.4 is 5.56 Å². The number of aromatic nitrogens is 6. The average molecular weight is 407 g/mol. The second-order valence-corrected chi connectivity index (χ2v) is 8.03. The number of thioether (sulfide) groups is 1. The standard InChI is InChI=1S/C16H15ClN6OS2/c1-2-3-8-22-14(24)10-6-4-5-7-12(10)23-15(22)19-20-16(23)25-9-11-13(17)26-21-18-11/h4-7H,2-3,8-9H2,1H3. The van der Waals surface area contributed by atoms with Crippen molar-refractivity contribution in [3.05, 3.63) is 44.6 Å². The third-order valence-corrected chi connectivity index (χ3v) is 5.99. The maximum absolute atomic E-state index is 12.9. The molecule has 134 valence electrons. The summed E-state index contributed by atoms with van der Waals surface area (Å²) in [6, 6.07) is 7.54. The van der Waals surface area contributed by atoms with Gasteiger partial charge in [0, 0.05) is 23.8 Å². The first-order valence-corrected chi connectivity index (χ1v) is 10.3. The van der Waals surface area contributed by atoms with Gasteiger partial charge >= 0.3 is 0 Å². The predicted molar refractivity (Wildman–Crippen MR) is 104 cm³/mol. The lowest BCUT2D eigenvalue weighted by atomic mass is 10.2. The van der Waals surface area contributed by atoms with Gasteiger partial charge in [0.1, 0.15) is 10.0 Å². The molecule has 4 aromatic rings. The summed E-state index contributed by atoms with van der Waals surface area (Å²) in [4.78, 5) is 12.9. The number of aryl methyl sites for hydroxylation is 1. The Morgan fingerprint density at radius 2 is 2.08 bits per heavy atom. The molecule has 3 aromatic heterocycles. The van der Waals surface area contributed by atoms with Gasteiger partial charge in [0.15, 0.2) is 5.16 Å². The van der Waals surface area contributed by atoms with E-state index < -0.39 is 0 Å².